The van der Waals surface area contributed by atoms with E-state index in [-0.39, 0.29) is 29.2 Å². The van der Waals surface area contributed by atoms with E-state index in [0.717, 1.165) is 0 Å². The van der Waals surface area contributed by atoms with Gasteiger partial charge in [0.1, 0.15) is 22.7 Å². The standard InChI is InChI=1S/C24H25FN6O2/c1-15(2)33-13-5-12-27-24(32)20-21-23(30-19-7-4-3-6-18(19)29-21)31(22(20)26)28-14-16-8-10-17(25)11-9-16/h3-4,6-11,14-15H,5,12-13,26H2,1-2H3,(H,27,32)/b28-14+. The molecule has 4 rings (SSSR count). The minimum Gasteiger partial charge on any atom is -0.383 e. The van der Waals surface area contributed by atoms with E-state index in [2.05, 4.69) is 20.4 Å². The van der Waals surface area contributed by atoms with Gasteiger partial charge in [0.25, 0.3) is 5.91 Å². The molecule has 0 bridgehead atoms. The zero-order valence-corrected chi connectivity index (χ0v) is 18.5. The van der Waals surface area contributed by atoms with Gasteiger partial charge in [-0.3, -0.25) is 4.79 Å². The number of benzene rings is 2. The van der Waals surface area contributed by atoms with Gasteiger partial charge >= 0.3 is 0 Å². The van der Waals surface area contributed by atoms with Crippen LogP contribution in [0.3, 0.4) is 0 Å². The fourth-order valence-electron chi connectivity index (χ4n) is 3.34. The predicted octanol–water partition coefficient (Wildman–Crippen LogP) is 3.73. The predicted molar refractivity (Wildman–Crippen MR) is 127 cm³/mol. The molecule has 0 unspecified atom stereocenters. The summed E-state index contributed by atoms with van der Waals surface area (Å²) in [7, 11) is 0. The van der Waals surface area contributed by atoms with Crippen molar-refractivity contribution in [3.05, 3.63) is 65.5 Å². The van der Waals surface area contributed by atoms with E-state index in [4.69, 9.17) is 10.5 Å². The average molecular weight is 449 g/mol. The van der Waals surface area contributed by atoms with Crippen molar-refractivity contribution in [3.8, 4) is 0 Å². The van der Waals surface area contributed by atoms with Crippen LogP contribution in [0.4, 0.5) is 10.2 Å². The Morgan fingerprint density at radius 1 is 1.18 bits per heavy atom. The molecule has 1 amide bonds. The number of halogens is 1. The van der Waals surface area contributed by atoms with Crippen molar-refractivity contribution in [2.75, 3.05) is 18.9 Å². The van der Waals surface area contributed by atoms with Gasteiger partial charge in [0, 0.05) is 13.2 Å². The lowest BCUT2D eigenvalue weighted by atomic mass is 10.2. The first-order chi connectivity index (χ1) is 15.9. The number of hydrogen-bond donors (Lipinski definition) is 2. The highest BCUT2D eigenvalue weighted by Crippen LogP contribution is 2.27. The van der Waals surface area contributed by atoms with E-state index in [1.165, 1.54) is 23.0 Å². The maximum absolute atomic E-state index is 13.2. The van der Waals surface area contributed by atoms with Gasteiger partial charge in [-0.05, 0) is 50.1 Å². The molecule has 0 spiro atoms. The number of nitrogens with zero attached hydrogens (tertiary/aromatic N) is 4. The molecule has 2 aromatic heterocycles. The van der Waals surface area contributed by atoms with Crippen LogP contribution in [0.2, 0.25) is 0 Å². The summed E-state index contributed by atoms with van der Waals surface area (Å²) < 4.78 is 20.1. The number of nitrogen functional groups attached to an aromatic ring is 1. The highest BCUT2D eigenvalue weighted by molar-refractivity contribution is 6.10. The molecule has 0 aliphatic heterocycles. The third-order valence-corrected chi connectivity index (χ3v) is 4.95. The summed E-state index contributed by atoms with van der Waals surface area (Å²) >= 11 is 0. The third-order valence-electron chi connectivity index (χ3n) is 4.95. The number of amides is 1. The van der Waals surface area contributed by atoms with Gasteiger partial charge < -0.3 is 15.8 Å². The van der Waals surface area contributed by atoms with Crippen molar-refractivity contribution >= 4 is 40.1 Å². The molecule has 0 saturated heterocycles. The largest absolute Gasteiger partial charge is 0.383 e. The van der Waals surface area contributed by atoms with Gasteiger partial charge in [-0.2, -0.15) is 9.78 Å². The molecule has 8 nitrogen and oxygen atoms in total. The Morgan fingerprint density at radius 3 is 2.58 bits per heavy atom. The number of hydrogen-bond acceptors (Lipinski definition) is 6. The first kappa shape index (κ1) is 22.3. The van der Waals surface area contributed by atoms with Gasteiger partial charge in [-0.25, -0.2) is 14.4 Å². The van der Waals surface area contributed by atoms with Crippen LogP contribution in [-0.2, 0) is 4.74 Å². The number of anilines is 1. The highest BCUT2D eigenvalue weighted by atomic mass is 19.1. The molecular formula is C24H25FN6O2. The Bertz CT molecular complexity index is 1310. The molecular weight excluding hydrogens is 423 g/mol. The number of aromatic nitrogens is 3. The summed E-state index contributed by atoms with van der Waals surface area (Å²) in [5.41, 5.74) is 9.26. The molecule has 0 radical (unpaired) electrons. The second-order valence-electron chi connectivity index (χ2n) is 7.78. The zero-order valence-electron chi connectivity index (χ0n) is 18.5. The van der Waals surface area contributed by atoms with Gasteiger partial charge in [0.05, 0.1) is 23.4 Å². The molecule has 4 aromatic rings. The van der Waals surface area contributed by atoms with Crippen LogP contribution in [0.1, 0.15) is 36.2 Å². The minimum absolute atomic E-state index is 0.120. The van der Waals surface area contributed by atoms with Gasteiger partial charge in [-0.1, -0.05) is 24.3 Å². The van der Waals surface area contributed by atoms with Crippen LogP contribution in [0, 0.1) is 5.82 Å². The van der Waals surface area contributed by atoms with Gasteiger partial charge in [0.15, 0.2) is 5.65 Å². The average Bonchev–Trinajstić information content (AvgIpc) is 3.06. The van der Waals surface area contributed by atoms with E-state index < -0.39 is 0 Å². The Labute approximate surface area is 190 Å². The molecule has 0 fully saturated rings. The number of nitrogens with two attached hydrogens (primary N) is 1. The van der Waals surface area contributed by atoms with E-state index in [1.54, 1.807) is 12.1 Å². The molecule has 0 aliphatic rings. The third kappa shape index (κ3) is 4.98. The lowest BCUT2D eigenvalue weighted by Crippen LogP contribution is -2.26. The summed E-state index contributed by atoms with van der Waals surface area (Å²) in [6.07, 6.45) is 2.33. The fraction of sp³-hybridized carbons (Fsp3) is 0.250. The lowest BCUT2D eigenvalue weighted by molar-refractivity contribution is 0.0757. The minimum atomic E-state index is -0.359. The Balaban J connectivity index is 1.71. The van der Waals surface area contributed by atoms with Crippen molar-refractivity contribution in [1.82, 2.24) is 20.0 Å². The molecule has 3 N–H and O–H groups in total. The monoisotopic (exact) mass is 448 g/mol. The number of ether oxygens (including phenoxy) is 1. The Hall–Kier alpha value is -3.85. The van der Waals surface area contributed by atoms with Crippen LogP contribution in [0.15, 0.2) is 53.6 Å². The van der Waals surface area contributed by atoms with Gasteiger partial charge in [-0.15, -0.1) is 0 Å². The van der Waals surface area contributed by atoms with E-state index in [0.29, 0.717) is 47.3 Å². The molecule has 2 aromatic carbocycles. The smallest absolute Gasteiger partial charge is 0.257 e. The Morgan fingerprint density at radius 2 is 1.88 bits per heavy atom. The quantitative estimate of drug-likeness (QED) is 0.315. The van der Waals surface area contributed by atoms with Crippen molar-refractivity contribution in [2.24, 2.45) is 5.10 Å². The molecule has 0 aliphatic carbocycles. The number of carbonyl (C=O) groups is 1. The topological polar surface area (TPSA) is 107 Å². The molecule has 2 heterocycles. The normalized spacial score (nSPS) is 11.8. The first-order valence-electron chi connectivity index (χ1n) is 10.7. The number of fused-ring (bicyclic) bond motifs is 2. The summed E-state index contributed by atoms with van der Waals surface area (Å²) in [6.45, 7) is 4.90. The summed E-state index contributed by atoms with van der Waals surface area (Å²) in [4.78, 5) is 22.3. The second-order valence-corrected chi connectivity index (χ2v) is 7.78. The van der Waals surface area contributed by atoms with Crippen LogP contribution in [0.25, 0.3) is 22.2 Å². The van der Waals surface area contributed by atoms with Crippen molar-refractivity contribution < 1.29 is 13.9 Å². The lowest BCUT2D eigenvalue weighted by Gasteiger charge is -2.08. The molecule has 0 saturated carbocycles. The summed E-state index contributed by atoms with van der Waals surface area (Å²) in [6, 6.07) is 13.2. The van der Waals surface area contributed by atoms with E-state index in [1.807, 2.05) is 38.1 Å². The summed E-state index contributed by atoms with van der Waals surface area (Å²) in [5, 5.41) is 7.29. The van der Waals surface area contributed by atoms with E-state index >= 15 is 0 Å². The van der Waals surface area contributed by atoms with Crippen LogP contribution >= 0.6 is 0 Å². The zero-order chi connectivity index (χ0) is 23.4. The van der Waals surface area contributed by atoms with Gasteiger partial charge in [0.2, 0.25) is 0 Å². The fourth-order valence-corrected chi connectivity index (χ4v) is 3.34. The van der Waals surface area contributed by atoms with Crippen LogP contribution in [-0.4, -0.2) is 46.0 Å². The maximum atomic E-state index is 13.2. The molecule has 170 valence electrons. The van der Waals surface area contributed by atoms with Crippen LogP contribution < -0.4 is 11.1 Å². The summed E-state index contributed by atoms with van der Waals surface area (Å²) in [5.74, 6) is -0.579. The maximum Gasteiger partial charge on any atom is 0.257 e. The van der Waals surface area contributed by atoms with Crippen molar-refractivity contribution in [2.45, 2.75) is 26.4 Å². The molecule has 0 atom stereocenters. The Kier molecular flexibility index (Phi) is 6.60. The molecule has 9 heteroatoms. The van der Waals surface area contributed by atoms with Crippen molar-refractivity contribution in [1.29, 1.82) is 0 Å². The number of carbonyl (C=O) groups excluding carboxylic acids is 1. The number of para-hydroxylation sites is 2. The number of rotatable bonds is 8. The second kappa shape index (κ2) is 9.74. The number of nitrogens with one attached hydrogen (secondary N) is 1. The molecule has 33 heavy (non-hydrogen) atoms. The highest BCUT2D eigenvalue weighted by Gasteiger charge is 2.23. The van der Waals surface area contributed by atoms with Crippen LogP contribution in [0.5, 0.6) is 0 Å². The SMILES string of the molecule is CC(C)OCCCNC(=O)c1c(N)n(/N=C/c2ccc(F)cc2)c2nc3ccccc3nc12. The van der Waals surface area contributed by atoms with Crippen molar-refractivity contribution in [3.63, 3.8) is 0 Å². The first-order valence-corrected chi connectivity index (χ1v) is 10.7. The van der Waals surface area contributed by atoms with E-state index in [9.17, 15) is 9.18 Å².